The van der Waals surface area contributed by atoms with Crippen LogP contribution in [0.2, 0.25) is 0 Å². The highest BCUT2D eigenvalue weighted by molar-refractivity contribution is 5.77. The minimum Gasteiger partial charge on any atom is -0.484 e. The maximum absolute atomic E-state index is 11.9. The Morgan fingerprint density at radius 3 is 2.64 bits per heavy atom. The lowest BCUT2D eigenvalue weighted by atomic mass is 10.2. The second-order valence-corrected chi connectivity index (χ2v) is 5.65. The molecule has 5 nitrogen and oxygen atoms in total. The van der Waals surface area contributed by atoms with Crippen molar-refractivity contribution >= 4 is 5.91 Å². The van der Waals surface area contributed by atoms with Gasteiger partial charge >= 0.3 is 0 Å². The summed E-state index contributed by atoms with van der Waals surface area (Å²) in [6, 6.07) is 17.1. The van der Waals surface area contributed by atoms with Crippen LogP contribution in [-0.4, -0.2) is 22.5 Å². The summed E-state index contributed by atoms with van der Waals surface area (Å²) < 4.78 is 5.48. The van der Waals surface area contributed by atoms with Crippen molar-refractivity contribution < 1.29 is 9.53 Å². The molecule has 0 unspecified atom stereocenters. The third-order valence-electron chi connectivity index (χ3n) is 3.60. The molecule has 0 aliphatic rings. The van der Waals surface area contributed by atoms with E-state index in [0.717, 1.165) is 22.5 Å². The van der Waals surface area contributed by atoms with Crippen molar-refractivity contribution in [1.82, 2.24) is 15.3 Å². The number of carbonyl (C=O) groups excluding carboxylic acids is 1. The quantitative estimate of drug-likeness (QED) is 0.753. The fourth-order valence-corrected chi connectivity index (χ4v) is 2.30. The largest absolute Gasteiger partial charge is 0.484 e. The average molecular weight is 333 g/mol. The van der Waals surface area contributed by atoms with Crippen molar-refractivity contribution in [3.05, 3.63) is 78.1 Å². The van der Waals surface area contributed by atoms with Crippen molar-refractivity contribution in [3.63, 3.8) is 0 Å². The maximum Gasteiger partial charge on any atom is 0.258 e. The van der Waals surface area contributed by atoms with E-state index in [1.54, 1.807) is 12.4 Å². The molecule has 3 aromatic rings. The van der Waals surface area contributed by atoms with Gasteiger partial charge in [0.1, 0.15) is 5.75 Å². The average Bonchev–Trinajstić information content (AvgIpc) is 2.66. The van der Waals surface area contributed by atoms with E-state index < -0.39 is 0 Å². The SMILES string of the molecule is Cc1cccc(OCC(=O)NCc2ccc(-c3ccccn3)nc2)c1. The first-order chi connectivity index (χ1) is 12.2. The van der Waals surface area contributed by atoms with E-state index in [1.807, 2.05) is 61.5 Å². The van der Waals surface area contributed by atoms with Crippen LogP contribution >= 0.6 is 0 Å². The molecule has 0 aliphatic carbocycles. The Hall–Kier alpha value is -3.21. The van der Waals surface area contributed by atoms with Crippen molar-refractivity contribution in [3.8, 4) is 17.1 Å². The van der Waals surface area contributed by atoms with Gasteiger partial charge < -0.3 is 10.1 Å². The maximum atomic E-state index is 11.9. The molecule has 0 atom stereocenters. The van der Waals surface area contributed by atoms with Gasteiger partial charge in [-0.1, -0.05) is 24.3 Å². The molecule has 2 heterocycles. The van der Waals surface area contributed by atoms with Gasteiger partial charge in [-0.3, -0.25) is 14.8 Å². The van der Waals surface area contributed by atoms with E-state index in [9.17, 15) is 4.79 Å². The van der Waals surface area contributed by atoms with Gasteiger partial charge in [-0.2, -0.15) is 0 Å². The van der Waals surface area contributed by atoms with Gasteiger partial charge in [0.15, 0.2) is 6.61 Å². The molecule has 5 heteroatoms. The van der Waals surface area contributed by atoms with E-state index in [-0.39, 0.29) is 12.5 Å². The lowest BCUT2D eigenvalue weighted by Gasteiger charge is -2.08. The van der Waals surface area contributed by atoms with Gasteiger partial charge in [0, 0.05) is 18.9 Å². The number of amides is 1. The van der Waals surface area contributed by atoms with Crippen LogP contribution in [0.1, 0.15) is 11.1 Å². The Balaban J connectivity index is 1.49. The van der Waals surface area contributed by atoms with Gasteiger partial charge in [-0.25, -0.2) is 0 Å². The highest BCUT2D eigenvalue weighted by atomic mass is 16.5. The number of rotatable bonds is 6. The topological polar surface area (TPSA) is 64.1 Å². The number of nitrogens with one attached hydrogen (secondary N) is 1. The summed E-state index contributed by atoms with van der Waals surface area (Å²) >= 11 is 0. The lowest BCUT2D eigenvalue weighted by Crippen LogP contribution is -2.28. The Bertz CT molecular complexity index is 833. The molecule has 0 spiro atoms. The van der Waals surface area contributed by atoms with Gasteiger partial charge in [-0.05, 0) is 48.4 Å². The number of hydrogen-bond acceptors (Lipinski definition) is 4. The van der Waals surface area contributed by atoms with E-state index >= 15 is 0 Å². The predicted octanol–water partition coefficient (Wildman–Crippen LogP) is 3.15. The first-order valence-electron chi connectivity index (χ1n) is 8.03. The number of carbonyl (C=O) groups is 1. The normalized spacial score (nSPS) is 10.3. The minimum absolute atomic E-state index is 0.0110. The molecule has 3 rings (SSSR count). The van der Waals surface area contributed by atoms with Crippen LogP contribution in [-0.2, 0) is 11.3 Å². The predicted molar refractivity (Wildman–Crippen MR) is 96.0 cm³/mol. The molecule has 1 amide bonds. The third-order valence-corrected chi connectivity index (χ3v) is 3.60. The number of ether oxygens (including phenoxy) is 1. The van der Waals surface area contributed by atoms with Crippen molar-refractivity contribution in [2.24, 2.45) is 0 Å². The molecule has 0 saturated carbocycles. The van der Waals surface area contributed by atoms with Crippen molar-refractivity contribution in [1.29, 1.82) is 0 Å². The molecule has 126 valence electrons. The van der Waals surface area contributed by atoms with Gasteiger partial charge in [0.05, 0.1) is 11.4 Å². The third kappa shape index (κ3) is 4.88. The minimum atomic E-state index is -0.171. The highest BCUT2D eigenvalue weighted by Crippen LogP contribution is 2.14. The number of aromatic nitrogens is 2. The van der Waals surface area contributed by atoms with Crippen LogP contribution < -0.4 is 10.1 Å². The number of pyridine rings is 2. The summed E-state index contributed by atoms with van der Waals surface area (Å²) in [4.78, 5) is 20.5. The van der Waals surface area contributed by atoms with Gasteiger partial charge in [-0.15, -0.1) is 0 Å². The Morgan fingerprint density at radius 2 is 1.92 bits per heavy atom. The fourth-order valence-electron chi connectivity index (χ4n) is 2.30. The molecule has 25 heavy (non-hydrogen) atoms. The summed E-state index contributed by atoms with van der Waals surface area (Å²) in [6.45, 7) is 2.38. The van der Waals surface area contributed by atoms with E-state index in [4.69, 9.17) is 4.74 Å². The molecule has 0 fully saturated rings. The molecule has 1 N–H and O–H groups in total. The van der Waals surface area contributed by atoms with Crippen LogP contribution in [0, 0.1) is 6.92 Å². The molecule has 0 aliphatic heterocycles. The second kappa shape index (κ2) is 8.06. The highest BCUT2D eigenvalue weighted by Gasteiger charge is 2.04. The number of hydrogen-bond donors (Lipinski definition) is 1. The summed E-state index contributed by atoms with van der Waals surface area (Å²) in [7, 11) is 0. The molecular formula is C20H19N3O2. The lowest BCUT2D eigenvalue weighted by molar-refractivity contribution is -0.123. The second-order valence-electron chi connectivity index (χ2n) is 5.65. The zero-order valence-corrected chi connectivity index (χ0v) is 14.0. The van der Waals surface area contributed by atoms with E-state index in [1.165, 1.54) is 0 Å². The van der Waals surface area contributed by atoms with Gasteiger partial charge in [0.2, 0.25) is 0 Å². The van der Waals surface area contributed by atoms with Crippen LogP contribution in [0.4, 0.5) is 0 Å². The smallest absolute Gasteiger partial charge is 0.258 e. The van der Waals surface area contributed by atoms with Crippen LogP contribution in [0.5, 0.6) is 5.75 Å². The Labute approximate surface area is 146 Å². The number of aryl methyl sites for hydroxylation is 1. The molecular weight excluding hydrogens is 314 g/mol. The Kier molecular flexibility index (Phi) is 5.36. The first kappa shape index (κ1) is 16.6. The molecule has 0 radical (unpaired) electrons. The zero-order valence-electron chi connectivity index (χ0n) is 14.0. The molecule has 2 aromatic heterocycles. The van der Waals surface area contributed by atoms with Crippen LogP contribution in [0.3, 0.4) is 0 Å². The first-order valence-corrected chi connectivity index (χ1v) is 8.03. The monoisotopic (exact) mass is 333 g/mol. The molecule has 0 bridgehead atoms. The summed E-state index contributed by atoms with van der Waals surface area (Å²) in [5.74, 6) is 0.520. The molecule has 0 saturated heterocycles. The van der Waals surface area contributed by atoms with Crippen molar-refractivity contribution in [2.75, 3.05) is 6.61 Å². The fraction of sp³-hybridized carbons (Fsp3) is 0.150. The summed E-state index contributed by atoms with van der Waals surface area (Å²) in [5.41, 5.74) is 3.64. The summed E-state index contributed by atoms with van der Waals surface area (Å²) in [5, 5.41) is 2.82. The van der Waals surface area contributed by atoms with E-state index in [0.29, 0.717) is 12.3 Å². The van der Waals surface area contributed by atoms with Crippen LogP contribution in [0.25, 0.3) is 11.4 Å². The Morgan fingerprint density at radius 1 is 1.04 bits per heavy atom. The van der Waals surface area contributed by atoms with Gasteiger partial charge in [0.25, 0.3) is 5.91 Å². The number of benzene rings is 1. The number of nitrogens with zero attached hydrogens (tertiary/aromatic N) is 2. The van der Waals surface area contributed by atoms with Crippen molar-refractivity contribution in [2.45, 2.75) is 13.5 Å². The van der Waals surface area contributed by atoms with E-state index in [2.05, 4.69) is 15.3 Å². The summed E-state index contributed by atoms with van der Waals surface area (Å²) in [6.07, 6.45) is 3.48. The standard InChI is InChI=1S/C20H19N3O2/c1-15-5-4-6-17(11-15)25-14-20(24)23-13-16-8-9-19(22-12-16)18-7-2-3-10-21-18/h2-12H,13-14H2,1H3,(H,23,24). The zero-order chi connectivity index (χ0) is 17.5. The van der Waals surface area contributed by atoms with Crippen LogP contribution in [0.15, 0.2) is 67.0 Å². The molecule has 1 aromatic carbocycles.